The molecule has 0 rings (SSSR count). The normalized spacial score (nSPS) is 16.2. The molecule has 3 heteroatoms. The fraction of sp³-hybridized carbons (Fsp3) is 0.875. The number of hydrogen-bond donors (Lipinski definition) is 1. The molecule has 0 aromatic rings. The molecule has 1 atom stereocenters. The van der Waals surface area contributed by atoms with E-state index in [0.717, 1.165) is 0 Å². The molecule has 0 aromatic carbocycles. The molecule has 0 fully saturated rings. The van der Waals surface area contributed by atoms with Gasteiger partial charge in [-0.25, -0.2) is 0 Å². The van der Waals surface area contributed by atoms with Crippen LogP contribution in [0.1, 0.15) is 20.8 Å². The van der Waals surface area contributed by atoms with Crippen LogP contribution in [0.2, 0.25) is 0 Å². The molecule has 66 valence electrons. The molecule has 0 aromatic heterocycles. The topological polar surface area (TPSA) is 52.3 Å². The highest BCUT2D eigenvalue weighted by Crippen LogP contribution is 2.26. The highest BCUT2D eigenvalue weighted by atomic mass is 16.5. The van der Waals surface area contributed by atoms with Crippen LogP contribution < -0.4 is 5.73 Å². The third-order valence-electron chi connectivity index (χ3n) is 2.35. The summed E-state index contributed by atoms with van der Waals surface area (Å²) in [7, 11) is 1.39. The molecule has 0 saturated heterocycles. The first-order chi connectivity index (χ1) is 4.99. The molecular weight excluding hydrogens is 142 g/mol. The molecule has 3 nitrogen and oxygen atoms in total. The van der Waals surface area contributed by atoms with E-state index in [4.69, 9.17) is 5.73 Å². The Bertz CT molecular complexity index is 145. The molecule has 0 radical (unpaired) electrons. The van der Waals surface area contributed by atoms with Crippen LogP contribution in [0.4, 0.5) is 0 Å². The minimum absolute atomic E-state index is 0.208. The maximum atomic E-state index is 11.2. The third kappa shape index (κ3) is 1.93. The molecule has 0 amide bonds. The van der Waals surface area contributed by atoms with Gasteiger partial charge < -0.3 is 10.5 Å². The van der Waals surface area contributed by atoms with E-state index in [9.17, 15) is 4.79 Å². The van der Waals surface area contributed by atoms with Crippen molar-refractivity contribution in [2.45, 2.75) is 20.8 Å². The molecule has 0 aliphatic heterocycles. The number of nitrogens with two attached hydrogens (primary N) is 1. The van der Waals surface area contributed by atoms with Gasteiger partial charge in [-0.15, -0.1) is 0 Å². The highest BCUT2D eigenvalue weighted by molar-refractivity contribution is 5.76. The molecular formula is C8H17NO2. The van der Waals surface area contributed by atoms with Gasteiger partial charge in [0.2, 0.25) is 0 Å². The smallest absolute Gasteiger partial charge is 0.313 e. The average Bonchev–Trinajstić information content (AvgIpc) is 2.01. The van der Waals surface area contributed by atoms with Crippen molar-refractivity contribution in [3.05, 3.63) is 0 Å². The Labute approximate surface area is 67.9 Å². The van der Waals surface area contributed by atoms with Crippen LogP contribution in [0.5, 0.6) is 0 Å². The van der Waals surface area contributed by atoms with Gasteiger partial charge in [0.25, 0.3) is 0 Å². The van der Waals surface area contributed by atoms with Gasteiger partial charge >= 0.3 is 5.97 Å². The number of rotatable bonds is 3. The Kier molecular flexibility index (Phi) is 3.52. The summed E-state index contributed by atoms with van der Waals surface area (Å²) in [5, 5.41) is 0. The molecule has 0 bridgehead atoms. The minimum atomic E-state index is -0.533. The molecule has 2 N–H and O–H groups in total. The second kappa shape index (κ2) is 3.72. The van der Waals surface area contributed by atoms with E-state index in [2.05, 4.69) is 4.74 Å². The predicted octanol–water partition coefficient (Wildman–Crippen LogP) is 0.780. The quantitative estimate of drug-likeness (QED) is 0.619. The van der Waals surface area contributed by atoms with Crippen LogP contribution in [0.25, 0.3) is 0 Å². The number of carbonyl (C=O) groups is 1. The Hall–Kier alpha value is -0.570. The summed E-state index contributed by atoms with van der Waals surface area (Å²) in [4.78, 5) is 11.2. The standard InChI is InChI=1S/C8H17NO2/c1-6(2)8(3,5-9)7(10)11-4/h6H,5,9H2,1-4H3. The predicted molar refractivity (Wildman–Crippen MR) is 44.0 cm³/mol. The first-order valence-electron chi connectivity index (χ1n) is 3.77. The van der Waals surface area contributed by atoms with Crippen molar-refractivity contribution in [2.24, 2.45) is 17.1 Å². The van der Waals surface area contributed by atoms with E-state index in [-0.39, 0.29) is 11.9 Å². The average molecular weight is 159 g/mol. The summed E-state index contributed by atoms with van der Waals surface area (Å²) in [6.45, 7) is 6.08. The zero-order valence-electron chi connectivity index (χ0n) is 7.68. The van der Waals surface area contributed by atoms with E-state index in [1.54, 1.807) is 0 Å². The summed E-state index contributed by atoms with van der Waals surface area (Å²) in [6, 6.07) is 0. The third-order valence-corrected chi connectivity index (χ3v) is 2.35. The van der Waals surface area contributed by atoms with Crippen molar-refractivity contribution < 1.29 is 9.53 Å². The van der Waals surface area contributed by atoms with Crippen LogP contribution in [0.3, 0.4) is 0 Å². The van der Waals surface area contributed by atoms with Gasteiger partial charge in [-0.2, -0.15) is 0 Å². The van der Waals surface area contributed by atoms with Crippen molar-refractivity contribution in [3.8, 4) is 0 Å². The summed E-state index contributed by atoms with van der Waals surface area (Å²) in [6.07, 6.45) is 0. The number of methoxy groups -OCH3 is 1. The fourth-order valence-electron chi connectivity index (χ4n) is 0.788. The van der Waals surface area contributed by atoms with Gasteiger partial charge in [0.15, 0.2) is 0 Å². The summed E-state index contributed by atoms with van der Waals surface area (Å²) < 4.78 is 4.65. The van der Waals surface area contributed by atoms with E-state index >= 15 is 0 Å². The summed E-state index contributed by atoms with van der Waals surface area (Å²) in [5.74, 6) is -0.0186. The molecule has 0 saturated carbocycles. The first kappa shape index (κ1) is 10.4. The van der Waals surface area contributed by atoms with Gasteiger partial charge in [0.1, 0.15) is 0 Å². The Morgan fingerprint density at radius 1 is 1.64 bits per heavy atom. The Morgan fingerprint density at radius 3 is 2.18 bits per heavy atom. The Morgan fingerprint density at radius 2 is 2.09 bits per heavy atom. The van der Waals surface area contributed by atoms with E-state index in [0.29, 0.717) is 6.54 Å². The second-order valence-electron chi connectivity index (χ2n) is 3.27. The number of esters is 1. The van der Waals surface area contributed by atoms with Crippen molar-refractivity contribution in [1.29, 1.82) is 0 Å². The lowest BCUT2D eigenvalue weighted by atomic mass is 9.79. The molecule has 0 aliphatic rings. The summed E-state index contributed by atoms with van der Waals surface area (Å²) in [5.41, 5.74) is 4.95. The van der Waals surface area contributed by atoms with Gasteiger partial charge in [-0.1, -0.05) is 13.8 Å². The Balaban J connectivity index is 4.45. The van der Waals surface area contributed by atoms with E-state index < -0.39 is 5.41 Å². The lowest BCUT2D eigenvalue weighted by Gasteiger charge is -2.28. The van der Waals surface area contributed by atoms with Crippen LogP contribution in [-0.2, 0) is 9.53 Å². The van der Waals surface area contributed by atoms with E-state index in [1.165, 1.54) is 7.11 Å². The van der Waals surface area contributed by atoms with Crippen molar-refractivity contribution in [2.75, 3.05) is 13.7 Å². The molecule has 0 aliphatic carbocycles. The largest absolute Gasteiger partial charge is 0.469 e. The van der Waals surface area contributed by atoms with Crippen LogP contribution in [0, 0.1) is 11.3 Å². The van der Waals surface area contributed by atoms with Crippen LogP contribution in [-0.4, -0.2) is 19.6 Å². The maximum Gasteiger partial charge on any atom is 0.313 e. The van der Waals surface area contributed by atoms with Crippen LogP contribution in [0.15, 0.2) is 0 Å². The lowest BCUT2D eigenvalue weighted by molar-refractivity contribution is -0.153. The monoisotopic (exact) mass is 159 g/mol. The van der Waals surface area contributed by atoms with Gasteiger partial charge in [-0.05, 0) is 12.8 Å². The minimum Gasteiger partial charge on any atom is -0.469 e. The van der Waals surface area contributed by atoms with Crippen molar-refractivity contribution >= 4 is 5.97 Å². The molecule has 1 unspecified atom stereocenters. The van der Waals surface area contributed by atoms with Crippen molar-refractivity contribution in [1.82, 2.24) is 0 Å². The number of ether oxygens (including phenoxy) is 1. The van der Waals surface area contributed by atoms with Crippen LogP contribution >= 0.6 is 0 Å². The zero-order valence-corrected chi connectivity index (χ0v) is 7.68. The fourth-order valence-corrected chi connectivity index (χ4v) is 0.788. The van der Waals surface area contributed by atoms with Gasteiger partial charge in [-0.3, -0.25) is 4.79 Å². The SMILES string of the molecule is COC(=O)C(C)(CN)C(C)C. The number of carbonyl (C=O) groups excluding carboxylic acids is 1. The molecule has 0 heterocycles. The zero-order chi connectivity index (χ0) is 9.07. The summed E-state index contributed by atoms with van der Waals surface area (Å²) >= 11 is 0. The molecule has 0 spiro atoms. The first-order valence-corrected chi connectivity index (χ1v) is 3.77. The van der Waals surface area contributed by atoms with E-state index in [1.807, 2.05) is 20.8 Å². The lowest BCUT2D eigenvalue weighted by Crippen LogP contribution is -2.41. The van der Waals surface area contributed by atoms with Gasteiger partial charge in [0, 0.05) is 6.54 Å². The second-order valence-corrected chi connectivity index (χ2v) is 3.27. The van der Waals surface area contributed by atoms with Crippen molar-refractivity contribution in [3.63, 3.8) is 0 Å². The maximum absolute atomic E-state index is 11.2. The van der Waals surface area contributed by atoms with Gasteiger partial charge in [0.05, 0.1) is 12.5 Å². The number of hydrogen-bond acceptors (Lipinski definition) is 3. The molecule has 11 heavy (non-hydrogen) atoms. The highest BCUT2D eigenvalue weighted by Gasteiger charge is 2.36.